The minimum Gasteiger partial charge on any atom is -0.179 e. The predicted octanol–water partition coefficient (Wildman–Crippen LogP) is 4.12. The number of thiol groups is 6. The van der Waals surface area contributed by atoms with Gasteiger partial charge in [0.1, 0.15) is 0 Å². The molecule has 0 saturated carbocycles. The van der Waals surface area contributed by atoms with E-state index in [0.29, 0.717) is 0 Å². The van der Waals surface area contributed by atoms with Gasteiger partial charge in [-0.25, -0.2) is 0 Å². The molecular formula is C8H18S8. The first-order valence-corrected chi connectivity index (χ1v) is 10.2. The monoisotopic (exact) mass is 370 g/mol. The fourth-order valence-corrected chi connectivity index (χ4v) is 7.05. The number of hydrogen-bond acceptors (Lipinski definition) is 8. The maximum absolute atomic E-state index is 4.48. The van der Waals surface area contributed by atoms with Gasteiger partial charge in [0.05, 0.1) is 8.16 Å². The molecule has 0 aliphatic carbocycles. The summed E-state index contributed by atoms with van der Waals surface area (Å²) in [6.45, 7) is 0. The zero-order valence-electron chi connectivity index (χ0n) is 8.74. The van der Waals surface area contributed by atoms with Crippen molar-refractivity contribution in [1.29, 1.82) is 0 Å². The Morgan fingerprint density at radius 3 is 1.25 bits per heavy atom. The quantitative estimate of drug-likeness (QED) is 0.156. The van der Waals surface area contributed by atoms with Gasteiger partial charge in [0.25, 0.3) is 0 Å². The molecule has 0 fully saturated rings. The van der Waals surface area contributed by atoms with Crippen LogP contribution in [-0.2, 0) is 0 Å². The molecule has 0 aliphatic rings. The molecule has 0 aromatic rings. The molecule has 0 aromatic heterocycles. The van der Waals surface area contributed by atoms with Gasteiger partial charge < -0.3 is 0 Å². The third kappa shape index (κ3) is 10.7. The van der Waals surface area contributed by atoms with Crippen LogP contribution in [0.3, 0.4) is 0 Å². The lowest BCUT2D eigenvalue weighted by Gasteiger charge is -2.23. The van der Waals surface area contributed by atoms with Crippen LogP contribution in [0.15, 0.2) is 0 Å². The third-order valence-corrected chi connectivity index (χ3v) is 7.11. The number of hydrogen-bond donors (Lipinski definition) is 6. The SMILES string of the molecule is SCCC(S)(S)CSSCC(S)(S)CCS. The lowest BCUT2D eigenvalue weighted by atomic mass is 10.3. The number of rotatable bonds is 9. The average molecular weight is 371 g/mol. The molecule has 8 heteroatoms. The molecule has 0 heterocycles. The fourth-order valence-electron chi connectivity index (χ4n) is 0.775. The lowest BCUT2D eigenvalue weighted by molar-refractivity contribution is 0.883. The minimum absolute atomic E-state index is 0.237. The summed E-state index contributed by atoms with van der Waals surface area (Å²) in [5.41, 5.74) is 0. The van der Waals surface area contributed by atoms with Crippen LogP contribution in [0, 0.1) is 0 Å². The lowest BCUT2D eigenvalue weighted by Crippen LogP contribution is -2.19. The van der Waals surface area contributed by atoms with Crippen LogP contribution in [0.4, 0.5) is 0 Å². The highest BCUT2D eigenvalue weighted by Crippen LogP contribution is 2.38. The zero-order valence-corrected chi connectivity index (χ0v) is 15.7. The normalized spacial score (nSPS) is 13.1. The van der Waals surface area contributed by atoms with Gasteiger partial charge >= 0.3 is 0 Å². The van der Waals surface area contributed by atoms with Gasteiger partial charge in [-0.1, -0.05) is 21.6 Å². The van der Waals surface area contributed by atoms with Gasteiger partial charge in [-0.3, -0.25) is 0 Å². The molecule has 0 saturated heterocycles. The first-order valence-electron chi connectivity index (χ1n) is 4.69. The Morgan fingerprint density at radius 1 is 0.688 bits per heavy atom. The van der Waals surface area contributed by atoms with E-state index in [4.69, 9.17) is 0 Å². The maximum Gasteiger partial charge on any atom is 0.0657 e. The molecule has 0 aliphatic heterocycles. The second-order valence-electron chi connectivity index (χ2n) is 3.44. The highest BCUT2D eigenvalue weighted by atomic mass is 33.1. The van der Waals surface area contributed by atoms with Crippen molar-refractivity contribution in [3.8, 4) is 0 Å². The van der Waals surface area contributed by atoms with Gasteiger partial charge in [0.15, 0.2) is 0 Å². The summed E-state index contributed by atoms with van der Waals surface area (Å²) in [5.74, 6) is 3.37. The molecule has 0 nitrogen and oxygen atoms in total. The summed E-state index contributed by atoms with van der Waals surface area (Å²) in [6, 6.07) is 0. The summed E-state index contributed by atoms with van der Waals surface area (Å²) in [7, 11) is 3.52. The largest absolute Gasteiger partial charge is 0.179 e. The molecule has 0 spiro atoms. The van der Waals surface area contributed by atoms with Crippen molar-refractivity contribution in [2.45, 2.75) is 21.0 Å². The van der Waals surface area contributed by atoms with Gasteiger partial charge in [-0.05, 0) is 24.3 Å². The van der Waals surface area contributed by atoms with Crippen molar-refractivity contribution in [2.24, 2.45) is 0 Å². The molecule has 98 valence electrons. The molecule has 0 amide bonds. The summed E-state index contributed by atoms with van der Waals surface area (Å²) in [6.07, 6.45) is 1.78. The Hall–Kier alpha value is 2.80. The molecule has 0 rings (SSSR count). The molecular weight excluding hydrogens is 353 g/mol. The van der Waals surface area contributed by atoms with Gasteiger partial charge in [0, 0.05) is 11.5 Å². The second-order valence-corrected chi connectivity index (χ2v) is 10.9. The van der Waals surface area contributed by atoms with E-state index < -0.39 is 0 Å². The van der Waals surface area contributed by atoms with E-state index in [1.807, 2.05) is 0 Å². The van der Waals surface area contributed by atoms with E-state index in [2.05, 4.69) is 75.8 Å². The molecule has 0 aromatic carbocycles. The van der Waals surface area contributed by atoms with E-state index >= 15 is 0 Å². The van der Waals surface area contributed by atoms with Crippen LogP contribution in [0.1, 0.15) is 12.8 Å². The van der Waals surface area contributed by atoms with Crippen LogP contribution < -0.4 is 0 Å². The minimum atomic E-state index is -0.237. The van der Waals surface area contributed by atoms with Crippen molar-refractivity contribution in [1.82, 2.24) is 0 Å². The molecule has 0 radical (unpaired) electrons. The first-order chi connectivity index (χ1) is 7.33. The molecule has 0 atom stereocenters. The standard InChI is InChI=1S/C8H18S8/c9-3-1-7(11,12)5-15-16-6-8(13,14)2-4-10/h9-14H,1-6H2. The maximum atomic E-state index is 4.48. The van der Waals surface area contributed by atoms with Gasteiger partial charge in [-0.2, -0.15) is 75.8 Å². The Kier molecular flexibility index (Phi) is 11.4. The van der Waals surface area contributed by atoms with Crippen molar-refractivity contribution < 1.29 is 0 Å². The Bertz CT molecular complexity index is 161. The van der Waals surface area contributed by atoms with Crippen LogP contribution in [0.5, 0.6) is 0 Å². The van der Waals surface area contributed by atoms with E-state index in [-0.39, 0.29) is 8.16 Å². The summed E-state index contributed by atoms with van der Waals surface area (Å²) < 4.78 is -0.475. The van der Waals surface area contributed by atoms with E-state index in [1.165, 1.54) is 0 Å². The topological polar surface area (TPSA) is 0 Å². The highest BCUT2D eigenvalue weighted by Gasteiger charge is 2.22. The molecule has 0 bridgehead atoms. The fraction of sp³-hybridized carbons (Fsp3) is 1.00. The predicted molar refractivity (Wildman–Crippen MR) is 103 cm³/mol. The Morgan fingerprint density at radius 2 is 1.00 bits per heavy atom. The molecule has 0 unspecified atom stereocenters. The van der Waals surface area contributed by atoms with Crippen LogP contribution in [-0.4, -0.2) is 31.2 Å². The van der Waals surface area contributed by atoms with E-state index in [1.54, 1.807) is 21.6 Å². The van der Waals surface area contributed by atoms with E-state index in [9.17, 15) is 0 Å². The van der Waals surface area contributed by atoms with Crippen molar-refractivity contribution >= 4 is 97.4 Å². The van der Waals surface area contributed by atoms with Gasteiger partial charge in [-0.15, -0.1) is 0 Å². The Balaban J connectivity index is 3.67. The molecule has 0 N–H and O–H groups in total. The van der Waals surface area contributed by atoms with Crippen LogP contribution in [0.25, 0.3) is 0 Å². The second kappa shape index (κ2) is 9.66. The average Bonchev–Trinajstić information content (AvgIpc) is 2.12. The summed E-state index contributed by atoms with van der Waals surface area (Å²) in [5, 5.41) is 0. The summed E-state index contributed by atoms with van der Waals surface area (Å²) >= 11 is 26.3. The van der Waals surface area contributed by atoms with Crippen molar-refractivity contribution in [3.05, 3.63) is 0 Å². The van der Waals surface area contributed by atoms with E-state index in [0.717, 1.165) is 35.9 Å². The summed E-state index contributed by atoms with van der Waals surface area (Å²) in [4.78, 5) is 0. The van der Waals surface area contributed by atoms with Crippen molar-refractivity contribution in [3.63, 3.8) is 0 Å². The first kappa shape index (κ1) is 18.8. The third-order valence-electron chi connectivity index (χ3n) is 1.69. The van der Waals surface area contributed by atoms with Crippen LogP contribution in [0.2, 0.25) is 0 Å². The van der Waals surface area contributed by atoms with Gasteiger partial charge in [0.2, 0.25) is 0 Å². The highest BCUT2D eigenvalue weighted by molar-refractivity contribution is 8.77. The zero-order chi connectivity index (χ0) is 12.7. The smallest absolute Gasteiger partial charge is 0.0657 e. The molecule has 16 heavy (non-hydrogen) atoms. The van der Waals surface area contributed by atoms with Crippen LogP contribution >= 0.6 is 97.4 Å². The Labute approximate surface area is 140 Å². The van der Waals surface area contributed by atoms with Crippen molar-refractivity contribution in [2.75, 3.05) is 23.0 Å².